The van der Waals surface area contributed by atoms with Gasteiger partial charge < -0.3 is 30.5 Å². The molecule has 0 amide bonds. The smallest absolute Gasteiger partial charge is 0.387 e. The van der Waals surface area contributed by atoms with Gasteiger partial charge in [0.1, 0.15) is 23.8 Å². The minimum absolute atomic E-state index is 0.178. The van der Waals surface area contributed by atoms with Gasteiger partial charge in [0.2, 0.25) is 0 Å². The van der Waals surface area contributed by atoms with E-state index < -0.39 is 39.0 Å². The van der Waals surface area contributed by atoms with Crippen molar-refractivity contribution in [1.82, 2.24) is 19.5 Å². The summed E-state index contributed by atoms with van der Waals surface area (Å²) < 4.78 is 22.2. The number of imidazole rings is 1. The van der Waals surface area contributed by atoms with Gasteiger partial charge in [-0.05, 0) is 6.42 Å². The summed E-state index contributed by atoms with van der Waals surface area (Å²) in [5, 5.41) is 20.9. The van der Waals surface area contributed by atoms with Gasteiger partial charge in [0.25, 0.3) is 0 Å². The molecule has 14 heteroatoms. The topological polar surface area (TPSA) is 186 Å². The molecule has 1 aliphatic rings. The maximum absolute atomic E-state index is 10.9. The Morgan fingerprint density at radius 1 is 1.36 bits per heavy atom. The summed E-state index contributed by atoms with van der Waals surface area (Å²) in [6, 6.07) is 0. The number of nitrogen functional groups attached to an aromatic ring is 1. The number of hydrogen-bond acceptors (Lipinski definition) is 10. The first kappa shape index (κ1) is 21.4. The first-order valence-corrected chi connectivity index (χ1v) is 11.1. The van der Waals surface area contributed by atoms with Crippen LogP contribution in [0.5, 0.6) is 0 Å². The fraction of sp³-hybridized carbons (Fsp3) is 0.643. The number of aliphatic hydroxyl groups excluding tert-OH is 2. The second-order valence-corrected chi connectivity index (χ2v) is 8.55. The standard InChI is InChI=1S/C14H22N5O7PS/c1-2-3-4-28-14-17-11(15)8-12(18-14)19(6-16-8)13-10(21)9(20)7(26-13)5-25-27(22,23)24/h6-7,9-10,13,20-21H,2-5H2,1H3,(H2,15,17,18)(H2,22,23,24)/t7-,9-,10-,13?/m1/s1. The number of aromatic nitrogens is 4. The molecule has 4 atom stereocenters. The Morgan fingerprint density at radius 3 is 2.79 bits per heavy atom. The van der Waals surface area contributed by atoms with E-state index in [1.54, 1.807) is 0 Å². The monoisotopic (exact) mass is 435 g/mol. The highest BCUT2D eigenvalue weighted by Crippen LogP contribution is 2.39. The summed E-state index contributed by atoms with van der Waals surface area (Å²) in [4.78, 5) is 30.4. The Morgan fingerprint density at radius 2 is 2.11 bits per heavy atom. The third-order valence-corrected chi connectivity index (χ3v) is 5.59. The van der Waals surface area contributed by atoms with Crippen LogP contribution < -0.4 is 5.73 Å². The van der Waals surface area contributed by atoms with E-state index in [9.17, 15) is 14.8 Å². The first-order chi connectivity index (χ1) is 13.2. The van der Waals surface area contributed by atoms with Gasteiger partial charge in [0, 0.05) is 5.75 Å². The third kappa shape index (κ3) is 4.63. The molecular formula is C14H22N5O7PS. The van der Waals surface area contributed by atoms with Crippen molar-refractivity contribution < 1.29 is 33.8 Å². The average molecular weight is 435 g/mol. The molecule has 0 saturated carbocycles. The number of thioether (sulfide) groups is 1. The number of hydrogen-bond donors (Lipinski definition) is 5. The minimum Gasteiger partial charge on any atom is -0.387 e. The van der Waals surface area contributed by atoms with Crippen molar-refractivity contribution in [2.75, 3.05) is 18.1 Å². The lowest BCUT2D eigenvalue weighted by atomic mass is 10.1. The summed E-state index contributed by atoms with van der Waals surface area (Å²) in [5.74, 6) is 0.996. The lowest BCUT2D eigenvalue weighted by Gasteiger charge is -2.16. The van der Waals surface area contributed by atoms with Gasteiger partial charge in [-0.25, -0.2) is 19.5 Å². The molecule has 0 aromatic carbocycles. The van der Waals surface area contributed by atoms with Gasteiger partial charge in [-0.2, -0.15) is 0 Å². The zero-order valence-corrected chi connectivity index (χ0v) is 16.7. The first-order valence-electron chi connectivity index (χ1n) is 8.55. The van der Waals surface area contributed by atoms with Gasteiger partial charge in [-0.3, -0.25) is 9.09 Å². The molecule has 12 nitrogen and oxygen atoms in total. The number of nitrogens with two attached hydrogens (primary N) is 1. The van der Waals surface area contributed by atoms with E-state index in [2.05, 4.69) is 26.4 Å². The average Bonchev–Trinajstić information content (AvgIpc) is 3.15. The maximum atomic E-state index is 10.9. The van der Waals surface area contributed by atoms with Crippen molar-refractivity contribution in [3.63, 3.8) is 0 Å². The molecule has 1 fully saturated rings. The lowest BCUT2D eigenvalue weighted by Crippen LogP contribution is -2.33. The Bertz CT molecular complexity index is 877. The summed E-state index contributed by atoms with van der Waals surface area (Å²) in [6.07, 6.45) is -1.69. The van der Waals surface area contributed by atoms with Crippen LogP contribution in [0.2, 0.25) is 0 Å². The van der Waals surface area contributed by atoms with Crippen LogP contribution in [-0.4, -0.2) is 70.2 Å². The van der Waals surface area contributed by atoms with Crippen LogP contribution in [-0.2, 0) is 13.8 Å². The fourth-order valence-corrected chi connectivity index (χ4v) is 4.01. The van der Waals surface area contributed by atoms with E-state index >= 15 is 0 Å². The number of anilines is 1. The van der Waals surface area contributed by atoms with Gasteiger partial charge in [-0.1, -0.05) is 25.1 Å². The van der Waals surface area contributed by atoms with Gasteiger partial charge in [-0.15, -0.1) is 0 Å². The number of phosphoric ester groups is 1. The number of unbranched alkanes of at least 4 members (excludes halogenated alkanes) is 1. The van der Waals surface area contributed by atoms with E-state index in [1.807, 2.05) is 0 Å². The predicted molar refractivity (Wildman–Crippen MR) is 99.3 cm³/mol. The van der Waals surface area contributed by atoms with Crippen molar-refractivity contribution in [1.29, 1.82) is 0 Å². The van der Waals surface area contributed by atoms with Crippen LogP contribution in [0.1, 0.15) is 26.0 Å². The van der Waals surface area contributed by atoms with E-state index in [-0.39, 0.29) is 5.82 Å². The van der Waals surface area contributed by atoms with Crippen molar-refractivity contribution >= 4 is 36.6 Å². The molecule has 6 N–H and O–H groups in total. The molecule has 0 aliphatic carbocycles. The molecule has 2 aromatic rings. The summed E-state index contributed by atoms with van der Waals surface area (Å²) >= 11 is 1.44. The Balaban J connectivity index is 1.85. The molecule has 28 heavy (non-hydrogen) atoms. The normalized spacial score (nSPS) is 25.6. The maximum Gasteiger partial charge on any atom is 0.469 e. The van der Waals surface area contributed by atoms with Crippen LogP contribution in [0.15, 0.2) is 11.5 Å². The van der Waals surface area contributed by atoms with E-state index in [1.165, 1.54) is 22.7 Å². The second kappa shape index (κ2) is 8.59. The van der Waals surface area contributed by atoms with E-state index in [0.717, 1.165) is 18.6 Å². The Kier molecular flexibility index (Phi) is 6.57. The van der Waals surface area contributed by atoms with Gasteiger partial charge >= 0.3 is 7.82 Å². The SMILES string of the molecule is CCCCSc1nc(N)c2ncn(C3O[C@H](COP(=O)(O)O)[C@@H](O)[C@H]3O)c2n1. The lowest BCUT2D eigenvalue weighted by molar-refractivity contribution is -0.0504. The van der Waals surface area contributed by atoms with Crippen molar-refractivity contribution in [3.05, 3.63) is 6.33 Å². The Hall–Kier alpha value is -1.31. The van der Waals surface area contributed by atoms with E-state index in [4.69, 9.17) is 20.3 Å². The molecule has 1 unspecified atom stereocenters. The number of nitrogens with zero attached hydrogens (tertiary/aromatic N) is 4. The molecule has 1 aliphatic heterocycles. The molecule has 1 saturated heterocycles. The third-order valence-electron chi connectivity index (χ3n) is 4.18. The fourth-order valence-electron chi connectivity index (χ4n) is 2.74. The summed E-state index contributed by atoms with van der Waals surface area (Å²) in [6.45, 7) is 1.48. The Labute approximate surface area is 164 Å². The zero-order chi connectivity index (χ0) is 20.5. The van der Waals surface area contributed by atoms with Crippen LogP contribution in [0.4, 0.5) is 5.82 Å². The second-order valence-electron chi connectivity index (χ2n) is 6.25. The van der Waals surface area contributed by atoms with Crippen molar-refractivity contribution in [2.24, 2.45) is 0 Å². The zero-order valence-electron chi connectivity index (χ0n) is 15.0. The van der Waals surface area contributed by atoms with Crippen LogP contribution in [0.3, 0.4) is 0 Å². The minimum atomic E-state index is -4.74. The quantitative estimate of drug-likeness (QED) is 0.162. The molecule has 0 radical (unpaired) electrons. The number of fused-ring (bicyclic) bond motifs is 1. The highest BCUT2D eigenvalue weighted by molar-refractivity contribution is 7.99. The summed E-state index contributed by atoms with van der Waals surface area (Å²) in [7, 11) is -4.74. The van der Waals surface area contributed by atoms with Crippen molar-refractivity contribution in [2.45, 2.75) is 49.5 Å². The molecule has 3 rings (SSSR count). The molecule has 0 bridgehead atoms. The molecular weight excluding hydrogens is 413 g/mol. The number of aliphatic hydroxyl groups is 2. The molecule has 2 aromatic heterocycles. The molecule has 3 heterocycles. The highest BCUT2D eigenvalue weighted by Gasteiger charge is 2.45. The van der Waals surface area contributed by atoms with Gasteiger partial charge in [0.05, 0.1) is 12.9 Å². The predicted octanol–water partition coefficient (Wildman–Crippen LogP) is 0.0292. The molecule has 156 valence electrons. The van der Waals surface area contributed by atoms with Crippen LogP contribution in [0.25, 0.3) is 11.2 Å². The molecule has 0 spiro atoms. The summed E-state index contributed by atoms with van der Waals surface area (Å²) in [5.41, 5.74) is 6.60. The van der Waals surface area contributed by atoms with Gasteiger partial charge in [0.15, 0.2) is 22.8 Å². The largest absolute Gasteiger partial charge is 0.469 e. The van der Waals surface area contributed by atoms with Crippen LogP contribution in [0, 0.1) is 0 Å². The highest BCUT2D eigenvalue weighted by atomic mass is 32.2. The number of phosphoric acid groups is 1. The van der Waals surface area contributed by atoms with E-state index in [0.29, 0.717) is 16.3 Å². The number of ether oxygens (including phenoxy) is 1. The van der Waals surface area contributed by atoms with Crippen LogP contribution >= 0.6 is 19.6 Å². The number of rotatable bonds is 8. The van der Waals surface area contributed by atoms with Crippen molar-refractivity contribution in [3.8, 4) is 0 Å².